The van der Waals surface area contributed by atoms with Crippen LogP contribution >= 0.6 is 0 Å². The van der Waals surface area contributed by atoms with Gasteiger partial charge in [0.15, 0.2) is 0 Å². The third-order valence-electron chi connectivity index (χ3n) is 6.77. The summed E-state index contributed by atoms with van der Waals surface area (Å²) in [5.41, 5.74) is 5.39. The van der Waals surface area contributed by atoms with Gasteiger partial charge in [-0.2, -0.15) is 4.98 Å². The summed E-state index contributed by atoms with van der Waals surface area (Å²) in [4.78, 5) is 20.3. The van der Waals surface area contributed by atoms with Gasteiger partial charge in [-0.25, -0.2) is 0 Å². The second-order valence-corrected chi connectivity index (χ2v) is 8.44. The molecule has 0 bridgehead atoms. The van der Waals surface area contributed by atoms with Crippen LogP contribution < -0.4 is 5.73 Å². The van der Waals surface area contributed by atoms with Crippen molar-refractivity contribution < 1.29 is 18.8 Å². The van der Waals surface area contributed by atoms with Gasteiger partial charge < -0.3 is 19.7 Å². The highest BCUT2D eigenvalue weighted by Crippen LogP contribution is 2.48. The van der Waals surface area contributed by atoms with Crippen molar-refractivity contribution in [2.45, 2.75) is 38.3 Å². The monoisotopic (exact) mass is 393 g/mol. The van der Waals surface area contributed by atoms with Gasteiger partial charge in [0.25, 0.3) is 11.7 Å². The number of piperidine rings is 1. The van der Waals surface area contributed by atoms with Gasteiger partial charge in [-0.1, -0.05) is 5.16 Å². The van der Waals surface area contributed by atoms with E-state index < -0.39 is 5.91 Å². The molecule has 1 amide bonds. The van der Waals surface area contributed by atoms with Gasteiger partial charge in [0.2, 0.25) is 5.89 Å². The lowest BCUT2D eigenvalue weighted by Crippen LogP contribution is -2.56. The van der Waals surface area contributed by atoms with E-state index in [1.807, 2.05) is 0 Å². The molecule has 156 valence electrons. The number of carbonyl (C=O) groups is 1. The molecule has 1 saturated carbocycles. The maximum absolute atomic E-state index is 11.2. The fourth-order valence-electron chi connectivity index (χ4n) is 5.39. The Morgan fingerprint density at radius 1 is 1.32 bits per heavy atom. The number of primary amides is 1. The van der Waals surface area contributed by atoms with Gasteiger partial charge in [0, 0.05) is 38.2 Å². The molecule has 9 nitrogen and oxygen atoms in total. The number of aromatic nitrogens is 2. The van der Waals surface area contributed by atoms with Crippen molar-refractivity contribution in [3.63, 3.8) is 0 Å². The van der Waals surface area contributed by atoms with Crippen LogP contribution in [0.1, 0.15) is 42.2 Å². The summed E-state index contributed by atoms with van der Waals surface area (Å²) >= 11 is 0. The normalized spacial score (nSPS) is 32.2. The molecule has 2 N–H and O–H groups in total. The molecule has 3 atom stereocenters. The Morgan fingerprint density at radius 3 is 2.86 bits per heavy atom. The molecule has 1 aromatic heterocycles. The summed E-state index contributed by atoms with van der Waals surface area (Å²) in [6, 6.07) is 0.666. The number of methoxy groups -OCH3 is 1. The van der Waals surface area contributed by atoms with E-state index in [9.17, 15) is 4.79 Å². The predicted octanol–water partition coefficient (Wildman–Crippen LogP) is 0.508. The minimum atomic E-state index is -0.661. The number of hydrogen-bond donors (Lipinski definition) is 1. The molecule has 28 heavy (non-hydrogen) atoms. The maximum atomic E-state index is 11.2. The number of ether oxygens (including phenoxy) is 2. The molecule has 2 aliphatic heterocycles. The van der Waals surface area contributed by atoms with Crippen LogP contribution in [0.15, 0.2) is 4.52 Å². The maximum Gasteiger partial charge on any atom is 0.290 e. The van der Waals surface area contributed by atoms with E-state index >= 15 is 0 Å². The van der Waals surface area contributed by atoms with Crippen LogP contribution in [0, 0.1) is 11.3 Å². The van der Waals surface area contributed by atoms with Crippen molar-refractivity contribution >= 4 is 5.91 Å². The number of nitrogens with zero attached hydrogens (tertiary/aromatic N) is 4. The van der Waals surface area contributed by atoms with Crippen LogP contribution in [0.25, 0.3) is 0 Å². The topological polar surface area (TPSA) is 107 Å². The van der Waals surface area contributed by atoms with Gasteiger partial charge in [0.05, 0.1) is 26.4 Å². The third-order valence-corrected chi connectivity index (χ3v) is 6.77. The molecule has 2 saturated heterocycles. The molecule has 9 heteroatoms. The lowest BCUT2D eigenvalue weighted by Gasteiger charge is -2.54. The Hall–Kier alpha value is -1.55. The summed E-state index contributed by atoms with van der Waals surface area (Å²) in [6.45, 7) is 7.09. The zero-order valence-corrected chi connectivity index (χ0v) is 16.6. The second kappa shape index (κ2) is 8.44. The van der Waals surface area contributed by atoms with Crippen molar-refractivity contribution in [2.75, 3.05) is 53.1 Å². The van der Waals surface area contributed by atoms with E-state index in [-0.39, 0.29) is 11.2 Å². The van der Waals surface area contributed by atoms with Crippen LogP contribution in [0.3, 0.4) is 0 Å². The molecule has 0 unspecified atom stereocenters. The molecule has 0 radical (unpaired) electrons. The molecule has 3 fully saturated rings. The quantitative estimate of drug-likeness (QED) is 0.745. The lowest BCUT2D eigenvalue weighted by atomic mass is 9.62. The number of nitrogens with two attached hydrogens (primary N) is 1. The largest absolute Gasteiger partial charge is 0.384 e. The van der Waals surface area contributed by atoms with Crippen molar-refractivity contribution in [1.82, 2.24) is 19.9 Å². The van der Waals surface area contributed by atoms with E-state index in [4.69, 9.17) is 19.7 Å². The van der Waals surface area contributed by atoms with E-state index in [1.54, 1.807) is 7.11 Å². The number of amides is 1. The van der Waals surface area contributed by atoms with Crippen molar-refractivity contribution in [1.29, 1.82) is 0 Å². The highest BCUT2D eigenvalue weighted by molar-refractivity contribution is 5.88. The molecule has 3 heterocycles. The average Bonchev–Trinajstić information content (AvgIpc) is 3.17. The zero-order valence-electron chi connectivity index (χ0n) is 16.6. The smallest absolute Gasteiger partial charge is 0.290 e. The van der Waals surface area contributed by atoms with Crippen molar-refractivity contribution in [3.05, 3.63) is 11.7 Å². The molecular weight excluding hydrogens is 362 g/mol. The summed E-state index contributed by atoms with van der Waals surface area (Å²) < 4.78 is 16.4. The van der Waals surface area contributed by atoms with E-state index in [0.717, 1.165) is 52.4 Å². The fourth-order valence-corrected chi connectivity index (χ4v) is 5.39. The summed E-state index contributed by atoms with van der Waals surface area (Å²) in [7, 11) is 1.80. The number of rotatable bonds is 6. The molecule has 3 aliphatic rings. The molecule has 0 aromatic carbocycles. The van der Waals surface area contributed by atoms with Gasteiger partial charge >= 0.3 is 0 Å². The second-order valence-electron chi connectivity index (χ2n) is 8.44. The summed E-state index contributed by atoms with van der Waals surface area (Å²) in [5, 5.41) is 3.65. The highest BCUT2D eigenvalue weighted by Gasteiger charge is 2.48. The first-order valence-corrected chi connectivity index (χ1v) is 10.2. The summed E-state index contributed by atoms with van der Waals surface area (Å²) in [6.07, 6.45) is 4.76. The van der Waals surface area contributed by atoms with Crippen molar-refractivity contribution in [3.8, 4) is 0 Å². The van der Waals surface area contributed by atoms with E-state index in [0.29, 0.717) is 24.4 Å². The number of hydrogen-bond acceptors (Lipinski definition) is 8. The third kappa shape index (κ3) is 4.07. The SMILES string of the molecule is COC[C@@]12CC[C@@H](N3CCOCC3)C[C@H]1CCN(Cc1nc(C(N)=O)no1)C2. The van der Waals surface area contributed by atoms with E-state index in [1.165, 1.54) is 19.3 Å². The van der Waals surface area contributed by atoms with Gasteiger partial charge in [-0.15, -0.1) is 0 Å². The number of likely N-dealkylation sites (tertiary alicyclic amines) is 1. The Bertz CT molecular complexity index is 677. The standard InChI is InChI=1S/C19H31N5O4/c1-26-13-19-4-2-15(24-6-8-27-9-7-24)10-14(19)3-5-23(12-19)11-16-21-18(17(20)25)22-28-16/h14-15H,2-13H2,1H3,(H2,20,25)/t14-,15-,19+/m1/s1. The molecular formula is C19H31N5O4. The minimum absolute atomic E-state index is 0.0532. The Kier molecular flexibility index (Phi) is 5.96. The molecule has 0 spiro atoms. The number of morpholine rings is 1. The number of fused-ring (bicyclic) bond motifs is 1. The van der Waals surface area contributed by atoms with Crippen LogP contribution in [0.2, 0.25) is 0 Å². The molecule has 4 rings (SSSR count). The van der Waals surface area contributed by atoms with Crippen LogP contribution in [0.5, 0.6) is 0 Å². The summed E-state index contributed by atoms with van der Waals surface area (Å²) in [5.74, 6) is 0.393. The fraction of sp³-hybridized carbons (Fsp3) is 0.842. The molecule has 1 aromatic rings. The molecule has 1 aliphatic carbocycles. The minimum Gasteiger partial charge on any atom is -0.384 e. The first-order valence-electron chi connectivity index (χ1n) is 10.2. The number of carbonyl (C=O) groups excluding carboxylic acids is 1. The lowest BCUT2D eigenvalue weighted by molar-refractivity contribution is -0.0882. The first kappa shape index (κ1) is 19.8. The average molecular weight is 393 g/mol. The van der Waals surface area contributed by atoms with Gasteiger partial charge in [0.1, 0.15) is 0 Å². The van der Waals surface area contributed by atoms with Gasteiger partial charge in [-0.3, -0.25) is 14.6 Å². The Balaban J connectivity index is 1.41. The van der Waals surface area contributed by atoms with Gasteiger partial charge in [-0.05, 0) is 38.1 Å². The van der Waals surface area contributed by atoms with Crippen LogP contribution in [-0.4, -0.2) is 85.0 Å². The Labute approximate surface area is 165 Å². The van der Waals surface area contributed by atoms with Crippen LogP contribution in [-0.2, 0) is 16.0 Å². The van der Waals surface area contributed by atoms with E-state index in [2.05, 4.69) is 19.9 Å². The zero-order chi connectivity index (χ0) is 19.6. The highest BCUT2D eigenvalue weighted by atomic mass is 16.5. The van der Waals surface area contributed by atoms with Crippen molar-refractivity contribution in [2.24, 2.45) is 17.1 Å². The first-order chi connectivity index (χ1) is 13.6. The Morgan fingerprint density at radius 2 is 2.14 bits per heavy atom. The van der Waals surface area contributed by atoms with Crippen LogP contribution in [0.4, 0.5) is 0 Å². The predicted molar refractivity (Wildman–Crippen MR) is 101 cm³/mol.